The van der Waals surface area contributed by atoms with E-state index in [4.69, 9.17) is 17.0 Å². The summed E-state index contributed by atoms with van der Waals surface area (Å²) in [5.41, 5.74) is 0.777. The molecule has 0 radical (unpaired) electrons. The van der Waals surface area contributed by atoms with Gasteiger partial charge in [-0.05, 0) is 74.5 Å². The Kier molecular flexibility index (Phi) is 6.16. The molecule has 1 aliphatic rings. The molecule has 2 rings (SSSR count). The predicted octanol–water partition coefficient (Wildman–Crippen LogP) is 3.22. The van der Waals surface area contributed by atoms with Crippen molar-refractivity contribution in [3.05, 3.63) is 44.0 Å². The fourth-order valence-corrected chi connectivity index (χ4v) is 4.02. The molecule has 126 valence electrons. The number of rotatable bonds is 4. The molecule has 0 unspecified atom stereocenters. The summed E-state index contributed by atoms with van der Waals surface area (Å²) in [5, 5.41) is 0.186. The molecule has 0 aromatic heterocycles. The van der Waals surface area contributed by atoms with E-state index >= 15 is 0 Å². The van der Waals surface area contributed by atoms with E-state index in [2.05, 4.69) is 45.1 Å². The summed E-state index contributed by atoms with van der Waals surface area (Å²) in [6.45, 7) is 4.01. The van der Waals surface area contributed by atoms with Gasteiger partial charge in [-0.3, -0.25) is 19.4 Å². The maximum atomic E-state index is 12.3. The Labute approximate surface area is 167 Å². The van der Waals surface area contributed by atoms with Gasteiger partial charge in [-0.15, -0.1) is 0 Å². The average molecular weight is 521 g/mol. The predicted molar refractivity (Wildman–Crippen MR) is 109 cm³/mol. The highest BCUT2D eigenvalue weighted by Gasteiger charge is 2.35. The second kappa shape index (κ2) is 7.75. The molecule has 8 heteroatoms. The molecule has 0 spiro atoms. The van der Waals surface area contributed by atoms with E-state index in [1.165, 1.54) is 9.80 Å². The van der Waals surface area contributed by atoms with Crippen molar-refractivity contribution in [1.29, 1.82) is 0 Å². The molecule has 5 nitrogen and oxygen atoms in total. The first-order valence-electron chi connectivity index (χ1n) is 6.82. The molecule has 0 aliphatic carbocycles. The largest absolute Gasteiger partial charge is 0.487 e. The van der Waals surface area contributed by atoms with Crippen molar-refractivity contribution in [2.24, 2.45) is 0 Å². The monoisotopic (exact) mass is 520 g/mol. The summed E-state index contributed by atoms with van der Waals surface area (Å²) in [7, 11) is 3.10. The summed E-state index contributed by atoms with van der Waals surface area (Å²) in [5.74, 6) is -0.142. The number of carbonyl (C=O) groups excluding carboxylic acids is 2. The third kappa shape index (κ3) is 3.70. The zero-order valence-electron chi connectivity index (χ0n) is 13.0. The number of benzene rings is 1. The fourth-order valence-electron chi connectivity index (χ4n) is 2.08. The van der Waals surface area contributed by atoms with Crippen molar-refractivity contribution in [2.75, 3.05) is 20.7 Å². The standard InChI is InChI=1S/C16H14BrIN2O3S/c1-4-5-23-13-11(17)7-9(8-12(13)18)6-10-14(21)19(2)16(24)20(3)15(10)22/h4,6-8H,1,5H2,2-3H3. The molecule has 1 heterocycles. The minimum absolute atomic E-state index is 0.0658. The minimum Gasteiger partial charge on any atom is -0.487 e. The van der Waals surface area contributed by atoms with Crippen LogP contribution in [-0.2, 0) is 9.59 Å². The first-order chi connectivity index (χ1) is 11.3. The molecule has 2 amide bonds. The molecule has 0 bridgehead atoms. The summed E-state index contributed by atoms with van der Waals surface area (Å²) >= 11 is 10.7. The van der Waals surface area contributed by atoms with Gasteiger partial charge in [0.05, 0.1) is 8.04 Å². The van der Waals surface area contributed by atoms with Crippen LogP contribution in [0.5, 0.6) is 5.75 Å². The molecule has 0 saturated carbocycles. The molecule has 0 atom stereocenters. The molecule has 0 N–H and O–H groups in total. The number of likely N-dealkylation sites (N-methyl/N-ethyl adjacent to an activating group) is 2. The maximum absolute atomic E-state index is 12.3. The topological polar surface area (TPSA) is 49.9 Å². The maximum Gasteiger partial charge on any atom is 0.265 e. The lowest BCUT2D eigenvalue weighted by Gasteiger charge is -2.31. The molecule has 1 fully saturated rings. The Hall–Kier alpha value is -1.26. The lowest BCUT2D eigenvalue weighted by molar-refractivity contribution is -0.132. The molecule has 1 aromatic carbocycles. The summed E-state index contributed by atoms with van der Waals surface area (Å²) < 4.78 is 7.17. The first-order valence-corrected chi connectivity index (χ1v) is 9.10. The number of halogens is 2. The van der Waals surface area contributed by atoms with E-state index in [0.29, 0.717) is 17.9 Å². The Morgan fingerprint density at radius 2 is 1.88 bits per heavy atom. The number of carbonyl (C=O) groups is 2. The quantitative estimate of drug-likeness (QED) is 0.201. The van der Waals surface area contributed by atoms with Gasteiger partial charge in [-0.1, -0.05) is 12.7 Å². The van der Waals surface area contributed by atoms with Crippen LogP contribution in [0.2, 0.25) is 0 Å². The van der Waals surface area contributed by atoms with Crippen LogP contribution in [0.3, 0.4) is 0 Å². The molecule has 1 aliphatic heterocycles. The van der Waals surface area contributed by atoms with Crippen molar-refractivity contribution in [2.45, 2.75) is 0 Å². The van der Waals surface area contributed by atoms with Crippen molar-refractivity contribution in [3.8, 4) is 5.75 Å². The van der Waals surface area contributed by atoms with Crippen LogP contribution >= 0.6 is 50.7 Å². The van der Waals surface area contributed by atoms with Crippen LogP contribution in [0.4, 0.5) is 0 Å². The van der Waals surface area contributed by atoms with E-state index < -0.39 is 11.8 Å². The van der Waals surface area contributed by atoms with Gasteiger partial charge < -0.3 is 4.74 Å². The van der Waals surface area contributed by atoms with Gasteiger partial charge >= 0.3 is 0 Å². The smallest absolute Gasteiger partial charge is 0.265 e. The van der Waals surface area contributed by atoms with Gasteiger partial charge in [0.15, 0.2) is 5.11 Å². The lowest BCUT2D eigenvalue weighted by atomic mass is 10.1. The van der Waals surface area contributed by atoms with E-state index in [0.717, 1.165) is 8.04 Å². The highest BCUT2D eigenvalue weighted by molar-refractivity contribution is 14.1. The molecule has 24 heavy (non-hydrogen) atoms. The van der Waals surface area contributed by atoms with E-state index in [1.54, 1.807) is 32.3 Å². The molecular weight excluding hydrogens is 507 g/mol. The number of thiocarbonyl (C=S) groups is 1. The second-order valence-corrected chi connectivity index (χ2v) is 7.36. The van der Waals surface area contributed by atoms with Gasteiger partial charge in [0.2, 0.25) is 0 Å². The normalized spacial score (nSPS) is 15.0. The number of hydrogen-bond acceptors (Lipinski definition) is 4. The molecule has 1 saturated heterocycles. The Morgan fingerprint density at radius 3 is 2.38 bits per heavy atom. The minimum atomic E-state index is -0.416. The van der Waals surface area contributed by atoms with Crippen LogP contribution in [0.1, 0.15) is 5.56 Å². The number of ether oxygens (including phenoxy) is 1. The van der Waals surface area contributed by atoms with Gasteiger partial charge in [-0.2, -0.15) is 0 Å². The van der Waals surface area contributed by atoms with E-state index in [1.807, 2.05) is 6.07 Å². The van der Waals surface area contributed by atoms with Gasteiger partial charge in [0, 0.05) is 14.1 Å². The van der Waals surface area contributed by atoms with Crippen molar-refractivity contribution in [3.63, 3.8) is 0 Å². The number of nitrogens with zero attached hydrogens (tertiary/aromatic N) is 2. The second-order valence-electron chi connectivity index (χ2n) is 4.98. The van der Waals surface area contributed by atoms with Crippen molar-refractivity contribution < 1.29 is 14.3 Å². The lowest BCUT2D eigenvalue weighted by Crippen LogP contribution is -2.52. The zero-order chi connectivity index (χ0) is 18.0. The number of amides is 2. The van der Waals surface area contributed by atoms with Gasteiger partial charge in [-0.25, -0.2) is 0 Å². The van der Waals surface area contributed by atoms with Crippen molar-refractivity contribution in [1.82, 2.24) is 9.80 Å². The Bertz CT molecular complexity index is 730. The third-order valence-corrected chi connectivity index (χ3v) is 5.26. The van der Waals surface area contributed by atoms with Crippen LogP contribution in [-0.4, -0.2) is 47.4 Å². The zero-order valence-corrected chi connectivity index (χ0v) is 17.6. The number of hydrogen-bond donors (Lipinski definition) is 0. The van der Waals surface area contributed by atoms with E-state index in [-0.39, 0.29) is 10.7 Å². The van der Waals surface area contributed by atoms with Crippen LogP contribution in [0, 0.1) is 3.57 Å². The third-order valence-electron chi connectivity index (χ3n) is 3.32. The summed E-state index contributed by atoms with van der Waals surface area (Å²) in [6.07, 6.45) is 3.22. The van der Waals surface area contributed by atoms with E-state index in [9.17, 15) is 9.59 Å². The molecular formula is C16H14BrIN2O3S. The average Bonchev–Trinajstić information content (AvgIpc) is 2.54. The highest BCUT2D eigenvalue weighted by atomic mass is 127. The SMILES string of the molecule is C=CCOc1c(Br)cc(C=C2C(=O)N(C)C(=S)N(C)C2=O)cc1I. The summed E-state index contributed by atoms with van der Waals surface area (Å²) in [4.78, 5) is 27.3. The van der Waals surface area contributed by atoms with Gasteiger partial charge in [0.1, 0.15) is 17.9 Å². The Balaban J connectivity index is 2.43. The van der Waals surface area contributed by atoms with Crippen LogP contribution in [0.25, 0.3) is 6.08 Å². The molecule has 1 aromatic rings. The van der Waals surface area contributed by atoms with Crippen LogP contribution in [0.15, 0.2) is 34.8 Å². The highest BCUT2D eigenvalue weighted by Crippen LogP contribution is 2.33. The fraction of sp³-hybridized carbons (Fsp3) is 0.188. The van der Waals surface area contributed by atoms with Gasteiger partial charge in [0.25, 0.3) is 11.8 Å². The first kappa shape index (κ1) is 19.1. The summed E-state index contributed by atoms with van der Waals surface area (Å²) in [6, 6.07) is 3.63. The van der Waals surface area contributed by atoms with Crippen molar-refractivity contribution >= 4 is 73.7 Å². The Morgan fingerprint density at radius 1 is 1.29 bits per heavy atom. The van der Waals surface area contributed by atoms with Crippen LogP contribution < -0.4 is 4.74 Å².